The van der Waals surface area contributed by atoms with Crippen molar-refractivity contribution in [2.45, 2.75) is 44.9 Å². The maximum absolute atomic E-state index is 12.6. The number of ether oxygens (including phenoxy) is 6. The molecule has 5 aromatic carbocycles. The zero-order valence-corrected chi connectivity index (χ0v) is 32.0. The Morgan fingerprint density at radius 3 is 1.40 bits per heavy atom. The molecule has 0 aromatic heterocycles. The molecule has 0 atom stereocenters. The molecule has 10 heteroatoms. The van der Waals surface area contributed by atoms with Crippen LogP contribution in [0, 0.1) is 13.8 Å². The average Bonchev–Trinajstić information content (AvgIpc) is 3.48. The first kappa shape index (κ1) is 40.0. The van der Waals surface area contributed by atoms with Crippen molar-refractivity contribution in [3.05, 3.63) is 156 Å². The van der Waals surface area contributed by atoms with E-state index in [-0.39, 0.29) is 26.4 Å². The Bertz CT molecular complexity index is 2200. The molecule has 0 radical (unpaired) electrons. The lowest BCUT2D eigenvalue weighted by Crippen LogP contribution is -2.28. The van der Waals surface area contributed by atoms with Crippen molar-refractivity contribution in [2.75, 3.05) is 26.4 Å². The highest BCUT2D eigenvalue weighted by Crippen LogP contribution is 2.57. The van der Waals surface area contributed by atoms with Gasteiger partial charge >= 0.3 is 24.2 Å². The Kier molecular flexibility index (Phi) is 12.8. The topological polar surface area (TPSA) is 124 Å². The Morgan fingerprint density at radius 2 is 0.930 bits per heavy atom. The number of aryl methyl sites for hydroxylation is 2. The van der Waals surface area contributed by atoms with E-state index in [0.29, 0.717) is 37.2 Å². The van der Waals surface area contributed by atoms with Crippen molar-refractivity contribution in [3.8, 4) is 22.6 Å². The first-order chi connectivity index (χ1) is 27.6. The Hall–Kier alpha value is -6.68. The number of esters is 2. The summed E-state index contributed by atoms with van der Waals surface area (Å²) in [6, 6.07) is 32.1. The van der Waals surface area contributed by atoms with Gasteiger partial charge in [-0.15, -0.1) is 0 Å². The van der Waals surface area contributed by atoms with Crippen LogP contribution in [0.4, 0.5) is 9.59 Å². The second-order valence-electron chi connectivity index (χ2n) is 13.6. The van der Waals surface area contributed by atoms with Gasteiger partial charge in [0.1, 0.15) is 11.5 Å². The summed E-state index contributed by atoms with van der Waals surface area (Å²) in [7, 11) is 0. The molecule has 1 aliphatic rings. The van der Waals surface area contributed by atoms with Crippen LogP contribution in [0.1, 0.15) is 59.1 Å². The third-order valence-corrected chi connectivity index (χ3v) is 9.93. The van der Waals surface area contributed by atoms with Gasteiger partial charge in [-0.3, -0.25) is 0 Å². The number of hydrogen-bond donors (Lipinski definition) is 0. The smallest absolute Gasteiger partial charge is 0.463 e. The fraction of sp³-hybridized carbons (Fsp3) is 0.234. The van der Waals surface area contributed by atoms with E-state index in [9.17, 15) is 19.2 Å². The summed E-state index contributed by atoms with van der Waals surface area (Å²) in [6.45, 7) is 11.6. The highest BCUT2D eigenvalue weighted by Gasteiger charge is 2.46. The number of hydrogen-bond acceptors (Lipinski definition) is 10. The molecule has 0 saturated heterocycles. The summed E-state index contributed by atoms with van der Waals surface area (Å²) in [5.41, 5.74) is 7.76. The zero-order valence-electron chi connectivity index (χ0n) is 32.0. The Morgan fingerprint density at radius 1 is 0.526 bits per heavy atom. The van der Waals surface area contributed by atoms with Crippen molar-refractivity contribution in [2.24, 2.45) is 0 Å². The van der Waals surface area contributed by atoms with Gasteiger partial charge in [0.15, 0.2) is 0 Å². The molecule has 0 heterocycles. The molecular formula is C47H44O10. The molecule has 0 saturated carbocycles. The van der Waals surface area contributed by atoms with Crippen LogP contribution in [0.25, 0.3) is 21.9 Å². The third kappa shape index (κ3) is 9.07. The highest BCUT2D eigenvalue weighted by molar-refractivity contribution is 5.96. The number of carbonyl (C=O) groups excluding carboxylic acids is 4. The van der Waals surface area contributed by atoms with Gasteiger partial charge in [0.2, 0.25) is 0 Å². The maximum atomic E-state index is 12.6. The van der Waals surface area contributed by atoms with Crippen LogP contribution in [0.2, 0.25) is 0 Å². The predicted molar refractivity (Wildman–Crippen MR) is 215 cm³/mol. The lowest BCUT2D eigenvalue weighted by atomic mass is 9.67. The van der Waals surface area contributed by atoms with Gasteiger partial charge < -0.3 is 28.4 Å². The van der Waals surface area contributed by atoms with E-state index in [1.165, 1.54) is 5.56 Å². The van der Waals surface area contributed by atoms with Crippen molar-refractivity contribution in [1.82, 2.24) is 0 Å². The summed E-state index contributed by atoms with van der Waals surface area (Å²) >= 11 is 0. The first-order valence-corrected chi connectivity index (χ1v) is 18.8. The molecule has 0 spiro atoms. The van der Waals surface area contributed by atoms with Gasteiger partial charge in [-0.1, -0.05) is 73.8 Å². The van der Waals surface area contributed by atoms with E-state index in [1.807, 2.05) is 36.4 Å². The predicted octanol–water partition coefficient (Wildman–Crippen LogP) is 9.87. The van der Waals surface area contributed by atoms with E-state index in [2.05, 4.69) is 63.4 Å². The Labute approximate surface area is 331 Å². The van der Waals surface area contributed by atoms with Crippen molar-refractivity contribution in [3.63, 3.8) is 0 Å². The molecule has 6 rings (SSSR count). The van der Waals surface area contributed by atoms with Crippen molar-refractivity contribution >= 4 is 35.0 Å². The van der Waals surface area contributed by atoms with Gasteiger partial charge in [0.25, 0.3) is 0 Å². The van der Waals surface area contributed by atoms with E-state index in [4.69, 9.17) is 28.4 Å². The number of benzene rings is 5. The molecule has 0 N–H and O–H groups in total. The second kappa shape index (κ2) is 18.3. The molecule has 1 aliphatic carbocycles. The minimum atomic E-state index is -0.835. The summed E-state index contributed by atoms with van der Waals surface area (Å²) in [5, 5.41) is 2.21. The SMILES string of the molecule is C=CC(=O)OCCCCOC(=O)Oc1ccc(C2(c3ccc(OC(=O)OCCCCOC(=O)C=C)cc3)c3cc(C)c(C)cc3-c3cc4ccccc4cc32)cc1. The van der Waals surface area contributed by atoms with E-state index < -0.39 is 29.7 Å². The highest BCUT2D eigenvalue weighted by atomic mass is 16.7. The van der Waals surface area contributed by atoms with E-state index >= 15 is 0 Å². The van der Waals surface area contributed by atoms with Crippen molar-refractivity contribution < 1.29 is 47.6 Å². The summed E-state index contributed by atoms with van der Waals surface area (Å²) in [6.07, 6.45) is 2.57. The van der Waals surface area contributed by atoms with Crippen LogP contribution in [-0.2, 0) is 34.0 Å². The van der Waals surface area contributed by atoms with Crippen molar-refractivity contribution in [1.29, 1.82) is 0 Å². The van der Waals surface area contributed by atoms with Gasteiger partial charge in [-0.25, -0.2) is 19.2 Å². The normalized spacial score (nSPS) is 12.1. The fourth-order valence-corrected chi connectivity index (χ4v) is 7.04. The van der Waals surface area contributed by atoms with Gasteiger partial charge in [0.05, 0.1) is 31.8 Å². The van der Waals surface area contributed by atoms with Crippen LogP contribution in [0.3, 0.4) is 0 Å². The first-order valence-electron chi connectivity index (χ1n) is 18.8. The summed E-state index contributed by atoms with van der Waals surface area (Å²) in [4.78, 5) is 47.6. The van der Waals surface area contributed by atoms with Gasteiger partial charge in [-0.2, -0.15) is 0 Å². The van der Waals surface area contributed by atoms with Crippen LogP contribution in [0.15, 0.2) is 122 Å². The molecule has 0 amide bonds. The quantitative estimate of drug-likeness (QED) is 0.0309. The van der Waals surface area contributed by atoms with E-state index in [1.54, 1.807) is 24.3 Å². The molecular weight excluding hydrogens is 725 g/mol. The van der Waals surface area contributed by atoms with Crippen LogP contribution < -0.4 is 9.47 Å². The summed E-state index contributed by atoms with van der Waals surface area (Å²) < 4.78 is 31.5. The van der Waals surface area contributed by atoms with Gasteiger partial charge in [-0.05, 0) is 131 Å². The molecule has 0 bridgehead atoms. The molecule has 57 heavy (non-hydrogen) atoms. The monoisotopic (exact) mass is 768 g/mol. The van der Waals surface area contributed by atoms with E-state index in [0.717, 1.165) is 61.9 Å². The number of carbonyl (C=O) groups is 4. The number of rotatable bonds is 16. The minimum absolute atomic E-state index is 0.110. The number of unbranched alkanes of at least 4 members (excludes halogenated alkanes) is 2. The van der Waals surface area contributed by atoms with Crippen LogP contribution >= 0.6 is 0 Å². The molecule has 0 fully saturated rings. The lowest BCUT2D eigenvalue weighted by Gasteiger charge is -2.34. The second-order valence-corrected chi connectivity index (χ2v) is 13.6. The van der Waals surface area contributed by atoms with Gasteiger partial charge in [0, 0.05) is 12.2 Å². The molecule has 5 aromatic rings. The minimum Gasteiger partial charge on any atom is -0.463 e. The Balaban J connectivity index is 1.28. The molecule has 0 unspecified atom stereocenters. The molecule has 0 aliphatic heterocycles. The third-order valence-electron chi connectivity index (χ3n) is 9.93. The zero-order chi connectivity index (χ0) is 40.4. The molecule has 10 nitrogen and oxygen atoms in total. The average molecular weight is 769 g/mol. The standard InChI is InChI=1S/C47H44O10/c1-5-43(48)52-23-9-11-25-54-45(50)56-37-19-15-35(16-20-37)47(36-17-21-38(22-18-36)57-46(51)55-26-12-10-24-53-44(49)6-2)41-28-32(4)31(3)27-39(41)40-29-33-13-7-8-14-34(33)30-42(40)47/h5-8,13-22,27-30H,1-2,9-12,23-26H2,3-4H3. The fourth-order valence-electron chi connectivity index (χ4n) is 7.04. The maximum Gasteiger partial charge on any atom is 0.513 e. The summed E-state index contributed by atoms with van der Waals surface area (Å²) in [5.74, 6) is -0.363. The molecule has 292 valence electrons. The lowest BCUT2D eigenvalue weighted by molar-refractivity contribution is -0.138. The van der Waals surface area contributed by atoms with Crippen LogP contribution in [-0.4, -0.2) is 50.7 Å². The largest absolute Gasteiger partial charge is 0.513 e. The number of fused-ring (bicyclic) bond motifs is 4. The van der Waals surface area contributed by atoms with Crippen LogP contribution in [0.5, 0.6) is 11.5 Å².